The van der Waals surface area contributed by atoms with Crippen molar-refractivity contribution in [2.45, 2.75) is 18.9 Å². The van der Waals surface area contributed by atoms with Gasteiger partial charge in [-0.1, -0.05) is 17.7 Å². The lowest BCUT2D eigenvalue weighted by Crippen LogP contribution is -2.43. The number of nitrogens with two attached hydrogens (primary N) is 1. The molecule has 2 aromatic carbocycles. The molecule has 1 heterocycles. The second-order valence-electron chi connectivity index (χ2n) is 6.77. The zero-order chi connectivity index (χ0) is 22.1. The van der Waals surface area contributed by atoms with E-state index in [2.05, 4.69) is 0 Å². The van der Waals surface area contributed by atoms with Crippen LogP contribution in [0.2, 0.25) is 5.02 Å². The number of nitrogen functional groups attached to an aromatic ring is 1. The van der Waals surface area contributed by atoms with Gasteiger partial charge in [0.2, 0.25) is 0 Å². The highest BCUT2D eigenvalue weighted by atomic mass is 35.5. The SMILES string of the molecule is NNC(=O)c1ccc(CN(C(=O)N2CCC(F)(F)C2)c2ccc(F)c(Cl)c2)c(F)c1. The molecule has 160 valence electrons. The zero-order valence-corrected chi connectivity index (χ0v) is 16.2. The number of likely N-dealkylation sites (tertiary alicyclic amines) is 1. The van der Waals surface area contributed by atoms with Gasteiger partial charge in [0.1, 0.15) is 11.6 Å². The minimum atomic E-state index is -3.02. The van der Waals surface area contributed by atoms with E-state index in [1.807, 2.05) is 5.43 Å². The number of benzene rings is 2. The molecule has 0 atom stereocenters. The normalized spacial score (nSPS) is 15.2. The van der Waals surface area contributed by atoms with Gasteiger partial charge in [0, 0.05) is 29.8 Å². The van der Waals surface area contributed by atoms with E-state index < -0.39 is 42.5 Å². The summed E-state index contributed by atoms with van der Waals surface area (Å²) in [6, 6.07) is 6.09. The molecule has 3 amide bonds. The molecule has 0 spiro atoms. The zero-order valence-electron chi connectivity index (χ0n) is 15.5. The van der Waals surface area contributed by atoms with E-state index in [0.717, 1.165) is 28.0 Å². The molecular formula is C19H17ClF4N4O2. The van der Waals surface area contributed by atoms with E-state index in [1.54, 1.807) is 0 Å². The predicted molar refractivity (Wildman–Crippen MR) is 102 cm³/mol. The first-order chi connectivity index (χ1) is 14.1. The summed E-state index contributed by atoms with van der Waals surface area (Å²) in [5.74, 6) is -0.256. The lowest BCUT2D eigenvalue weighted by atomic mass is 10.1. The summed E-state index contributed by atoms with van der Waals surface area (Å²) in [7, 11) is 0. The van der Waals surface area contributed by atoms with Crippen LogP contribution in [0, 0.1) is 11.6 Å². The van der Waals surface area contributed by atoms with E-state index in [0.29, 0.717) is 0 Å². The maximum Gasteiger partial charge on any atom is 0.325 e. The number of alkyl halides is 2. The van der Waals surface area contributed by atoms with Crippen molar-refractivity contribution < 1.29 is 27.2 Å². The number of hydrazine groups is 1. The molecule has 0 aliphatic carbocycles. The smallest absolute Gasteiger partial charge is 0.318 e. The molecule has 0 aromatic heterocycles. The van der Waals surface area contributed by atoms with Crippen molar-refractivity contribution in [1.82, 2.24) is 10.3 Å². The van der Waals surface area contributed by atoms with E-state index in [-0.39, 0.29) is 34.9 Å². The van der Waals surface area contributed by atoms with Crippen LogP contribution in [0.3, 0.4) is 0 Å². The molecule has 0 saturated carbocycles. The summed E-state index contributed by atoms with van der Waals surface area (Å²) in [6.45, 7) is -1.33. The summed E-state index contributed by atoms with van der Waals surface area (Å²) >= 11 is 5.80. The number of hydrogen-bond donors (Lipinski definition) is 2. The highest BCUT2D eigenvalue weighted by Gasteiger charge is 2.41. The van der Waals surface area contributed by atoms with Crippen LogP contribution in [0.1, 0.15) is 22.3 Å². The second-order valence-corrected chi connectivity index (χ2v) is 7.18. The molecule has 2 aromatic rings. The number of anilines is 1. The predicted octanol–water partition coefficient (Wildman–Crippen LogP) is 3.69. The summed E-state index contributed by atoms with van der Waals surface area (Å²) in [6.07, 6.45) is -0.492. The van der Waals surface area contributed by atoms with Gasteiger partial charge in [-0.25, -0.2) is 28.2 Å². The summed E-state index contributed by atoms with van der Waals surface area (Å²) in [4.78, 5) is 26.4. The Labute approximate surface area is 174 Å². The van der Waals surface area contributed by atoms with Crippen molar-refractivity contribution in [2.75, 3.05) is 18.0 Å². The summed E-state index contributed by atoms with van der Waals surface area (Å²) < 4.78 is 55.3. The van der Waals surface area contributed by atoms with Gasteiger partial charge >= 0.3 is 6.03 Å². The largest absolute Gasteiger partial charge is 0.325 e. The van der Waals surface area contributed by atoms with Crippen molar-refractivity contribution >= 4 is 29.2 Å². The monoisotopic (exact) mass is 444 g/mol. The third-order valence-corrected chi connectivity index (χ3v) is 4.95. The van der Waals surface area contributed by atoms with Gasteiger partial charge in [0.15, 0.2) is 0 Å². The van der Waals surface area contributed by atoms with Gasteiger partial charge in [-0.15, -0.1) is 0 Å². The molecule has 11 heteroatoms. The Kier molecular flexibility index (Phi) is 6.18. The van der Waals surface area contributed by atoms with Crippen LogP contribution in [0.25, 0.3) is 0 Å². The highest BCUT2D eigenvalue weighted by Crippen LogP contribution is 2.31. The summed E-state index contributed by atoms with van der Waals surface area (Å²) in [5, 5.41) is -0.285. The highest BCUT2D eigenvalue weighted by molar-refractivity contribution is 6.31. The van der Waals surface area contributed by atoms with Gasteiger partial charge in [-0.05, 0) is 30.3 Å². The van der Waals surface area contributed by atoms with Crippen molar-refractivity contribution in [1.29, 1.82) is 0 Å². The van der Waals surface area contributed by atoms with Gasteiger partial charge in [0.05, 0.1) is 18.1 Å². The lowest BCUT2D eigenvalue weighted by molar-refractivity contribution is 0.0156. The number of halogens is 5. The first-order valence-corrected chi connectivity index (χ1v) is 9.18. The molecule has 1 aliphatic heterocycles. The molecule has 1 saturated heterocycles. The number of nitrogens with one attached hydrogen (secondary N) is 1. The fraction of sp³-hybridized carbons (Fsp3) is 0.263. The topological polar surface area (TPSA) is 78.7 Å². The molecule has 0 radical (unpaired) electrons. The average molecular weight is 445 g/mol. The number of amides is 3. The van der Waals surface area contributed by atoms with Crippen LogP contribution in [-0.2, 0) is 6.54 Å². The Bertz CT molecular complexity index is 989. The van der Waals surface area contributed by atoms with E-state index in [9.17, 15) is 27.2 Å². The molecule has 0 unspecified atom stereocenters. The van der Waals surface area contributed by atoms with Gasteiger partial charge in [-0.2, -0.15) is 0 Å². The van der Waals surface area contributed by atoms with Crippen molar-refractivity contribution in [2.24, 2.45) is 5.84 Å². The average Bonchev–Trinajstić information content (AvgIpc) is 3.08. The van der Waals surface area contributed by atoms with Crippen LogP contribution < -0.4 is 16.2 Å². The van der Waals surface area contributed by atoms with Crippen molar-refractivity contribution in [3.8, 4) is 0 Å². The van der Waals surface area contributed by atoms with E-state index in [1.165, 1.54) is 18.2 Å². The molecule has 30 heavy (non-hydrogen) atoms. The lowest BCUT2D eigenvalue weighted by Gasteiger charge is -2.28. The van der Waals surface area contributed by atoms with E-state index in [4.69, 9.17) is 17.4 Å². The molecule has 1 fully saturated rings. The van der Waals surface area contributed by atoms with E-state index >= 15 is 0 Å². The van der Waals surface area contributed by atoms with Crippen molar-refractivity contribution in [3.05, 3.63) is 64.2 Å². The maximum absolute atomic E-state index is 14.6. The number of rotatable bonds is 4. The Balaban J connectivity index is 1.94. The molecular weight excluding hydrogens is 428 g/mol. The van der Waals surface area contributed by atoms with Crippen molar-refractivity contribution in [3.63, 3.8) is 0 Å². The fourth-order valence-electron chi connectivity index (χ4n) is 3.06. The van der Waals surface area contributed by atoms with Crippen LogP contribution in [-0.4, -0.2) is 35.9 Å². The Morgan fingerprint density at radius 1 is 1.17 bits per heavy atom. The van der Waals surface area contributed by atoms with Crippen LogP contribution >= 0.6 is 11.6 Å². The van der Waals surface area contributed by atoms with Crippen LogP contribution in [0.4, 0.5) is 28.0 Å². The molecule has 0 bridgehead atoms. The van der Waals surface area contributed by atoms with Gasteiger partial charge < -0.3 is 4.90 Å². The molecule has 1 aliphatic rings. The maximum atomic E-state index is 14.6. The Hall–Kier alpha value is -2.85. The minimum absolute atomic E-state index is 0.00308. The fourth-order valence-corrected chi connectivity index (χ4v) is 3.24. The Morgan fingerprint density at radius 2 is 1.90 bits per heavy atom. The van der Waals surface area contributed by atoms with Crippen LogP contribution in [0.5, 0.6) is 0 Å². The summed E-state index contributed by atoms with van der Waals surface area (Å²) in [5.41, 5.74) is 1.93. The minimum Gasteiger partial charge on any atom is -0.318 e. The number of nitrogens with zero attached hydrogens (tertiary/aromatic N) is 2. The molecule has 6 nitrogen and oxygen atoms in total. The molecule has 3 rings (SSSR count). The number of hydrogen-bond acceptors (Lipinski definition) is 3. The third-order valence-electron chi connectivity index (χ3n) is 4.66. The standard InChI is InChI=1S/C19H17ClF4N4O2/c20-14-8-13(3-4-15(14)21)28(18(30)27-6-5-19(23,24)10-27)9-12-2-1-11(7-16(12)22)17(29)26-25/h1-4,7-8H,5-6,9-10,25H2,(H,26,29). The number of carbonyl (C=O) groups excluding carboxylic acids is 2. The number of urea groups is 1. The van der Waals surface area contributed by atoms with Crippen LogP contribution in [0.15, 0.2) is 36.4 Å². The first-order valence-electron chi connectivity index (χ1n) is 8.80. The third kappa shape index (κ3) is 4.65. The Morgan fingerprint density at radius 3 is 2.47 bits per heavy atom. The quantitative estimate of drug-likeness (QED) is 0.327. The van der Waals surface area contributed by atoms with Gasteiger partial charge in [-0.3, -0.25) is 15.1 Å². The molecule has 3 N–H and O–H groups in total. The van der Waals surface area contributed by atoms with Gasteiger partial charge in [0.25, 0.3) is 11.8 Å². The number of carbonyl (C=O) groups is 2. The first kappa shape index (κ1) is 21.8. The second kappa shape index (κ2) is 8.49.